The number of nitrogens with one attached hydrogen (secondary N) is 2. The molecule has 0 aliphatic rings. The number of anilines is 3. The molecule has 0 radical (unpaired) electrons. The Morgan fingerprint density at radius 3 is 2.66 bits per heavy atom. The van der Waals surface area contributed by atoms with Crippen molar-refractivity contribution in [1.82, 2.24) is 24.5 Å². The molecule has 5 rings (SSSR count). The summed E-state index contributed by atoms with van der Waals surface area (Å²) < 4.78 is 43.4. The van der Waals surface area contributed by atoms with E-state index in [1.54, 1.807) is 47.6 Å². The van der Waals surface area contributed by atoms with Crippen LogP contribution in [0.15, 0.2) is 73.3 Å². The molecule has 0 bridgehead atoms. The second-order valence-corrected chi connectivity index (χ2v) is 8.35. The molecule has 0 atom stereocenters. The number of rotatable bonds is 6. The number of fused-ring (bicyclic) bond motifs is 1. The Bertz CT molecular complexity index is 1640. The number of aromatic nitrogens is 5. The summed E-state index contributed by atoms with van der Waals surface area (Å²) in [5, 5.41) is 5.99. The fourth-order valence-corrected chi connectivity index (χ4v) is 3.72. The molecule has 0 spiro atoms. The zero-order valence-corrected chi connectivity index (χ0v) is 20.1. The number of hydrogen-bond donors (Lipinski definition) is 2. The van der Waals surface area contributed by atoms with Crippen molar-refractivity contribution in [3.05, 3.63) is 84.4 Å². The predicted molar refractivity (Wildman–Crippen MR) is 135 cm³/mol. The van der Waals surface area contributed by atoms with Crippen LogP contribution in [0.25, 0.3) is 22.6 Å². The Hall–Kier alpha value is -5.00. The number of carbonyl (C=O) groups is 1. The first kappa shape index (κ1) is 24.7. The summed E-state index contributed by atoms with van der Waals surface area (Å²) in [4.78, 5) is 30.6. The Labute approximate surface area is 214 Å². The number of aryl methyl sites for hydroxylation is 2. The third-order valence-corrected chi connectivity index (χ3v) is 5.56. The van der Waals surface area contributed by atoms with Crippen LogP contribution in [0.5, 0.6) is 5.75 Å². The molecular weight excluding hydrogens is 499 g/mol. The smallest absolute Gasteiger partial charge is 0.406 e. The first-order chi connectivity index (χ1) is 18.2. The van der Waals surface area contributed by atoms with Crippen LogP contribution in [0.4, 0.5) is 30.4 Å². The first-order valence-electron chi connectivity index (χ1n) is 11.3. The number of pyridine rings is 1. The summed E-state index contributed by atoms with van der Waals surface area (Å²) in [7, 11) is 1.83. The van der Waals surface area contributed by atoms with Gasteiger partial charge in [-0.25, -0.2) is 15.0 Å². The van der Waals surface area contributed by atoms with Crippen LogP contribution in [0.2, 0.25) is 0 Å². The SMILES string of the molecule is Cc1ccc(NC(=O)c2cccc(OC(F)(F)F)c2)cc1Nc1nc(-c2cccnc2)nc2c1ncn2C. The van der Waals surface area contributed by atoms with E-state index in [0.29, 0.717) is 34.2 Å². The topological polar surface area (TPSA) is 107 Å². The van der Waals surface area contributed by atoms with E-state index in [0.717, 1.165) is 23.3 Å². The Kier molecular flexibility index (Phi) is 6.37. The zero-order valence-electron chi connectivity index (χ0n) is 20.1. The predicted octanol–water partition coefficient (Wildman–Crippen LogP) is 5.63. The Morgan fingerprint density at radius 2 is 1.89 bits per heavy atom. The molecule has 2 aromatic carbocycles. The highest BCUT2D eigenvalue weighted by atomic mass is 19.4. The number of amides is 1. The molecule has 192 valence electrons. The summed E-state index contributed by atoms with van der Waals surface area (Å²) in [6.45, 7) is 1.88. The summed E-state index contributed by atoms with van der Waals surface area (Å²) in [6.07, 6.45) is 0.104. The van der Waals surface area contributed by atoms with Gasteiger partial charge in [-0.1, -0.05) is 12.1 Å². The van der Waals surface area contributed by atoms with Crippen molar-refractivity contribution in [3.8, 4) is 17.1 Å². The number of ether oxygens (including phenoxy) is 1. The van der Waals surface area contributed by atoms with E-state index in [4.69, 9.17) is 0 Å². The lowest BCUT2D eigenvalue weighted by atomic mass is 10.1. The highest BCUT2D eigenvalue weighted by Gasteiger charge is 2.31. The van der Waals surface area contributed by atoms with Crippen LogP contribution >= 0.6 is 0 Å². The van der Waals surface area contributed by atoms with Gasteiger partial charge in [0.05, 0.1) is 6.33 Å². The standard InChI is InChI=1S/C26H20F3N7O2/c1-15-8-9-18(32-25(37)16-5-3-7-19(11-16)38-26(27,28)29)12-20(15)33-23-21-24(36(2)14-31-21)35-22(34-23)17-6-4-10-30-13-17/h3-14H,1-2H3,(H,32,37)(H,33,34,35). The fraction of sp³-hybridized carbons (Fsp3) is 0.115. The molecule has 1 amide bonds. The van der Waals surface area contributed by atoms with E-state index in [1.807, 2.05) is 20.0 Å². The number of benzene rings is 2. The first-order valence-corrected chi connectivity index (χ1v) is 11.3. The minimum Gasteiger partial charge on any atom is -0.406 e. The maximum absolute atomic E-state index is 12.8. The highest BCUT2D eigenvalue weighted by Crippen LogP contribution is 2.29. The van der Waals surface area contributed by atoms with Gasteiger partial charge in [0, 0.05) is 41.9 Å². The van der Waals surface area contributed by atoms with Crippen molar-refractivity contribution >= 4 is 34.3 Å². The number of alkyl halides is 3. The van der Waals surface area contributed by atoms with Gasteiger partial charge in [-0.2, -0.15) is 0 Å². The zero-order chi connectivity index (χ0) is 26.9. The molecule has 0 fully saturated rings. The summed E-state index contributed by atoms with van der Waals surface area (Å²) in [5.41, 5.74) is 3.82. The third kappa shape index (κ3) is 5.38. The van der Waals surface area contributed by atoms with Crippen molar-refractivity contribution in [2.24, 2.45) is 7.05 Å². The van der Waals surface area contributed by atoms with Gasteiger partial charge in [0.15, 0.2) is 22.8 Å². The number of carbonyl (C=O) groups excluding carboxylic acids is 1. The van der Waals surface area contributed by atoms with E-state index in [1.165, 1.54) is 12.1 Å². The molecule has 3 aromatic heterocycles. The molecule has 0 aliphatic heterocycles. The van der Waals surface area contributed by atoms with Gasteiger partial charge in [0.25, 0.3) is 5.91 Å². The van der Waals surface area contributed by atoms with Gasteiger partial charge in [-0.15, -0.1) is 13.2 Å². The third-order valence-electron chi connectivity index (χ3n) is 5.56. The van der Waals surface area contributed by atoms with E-state index in [9.17, 15) is 18.0 Å². The molecule has 0 saturated heterocycles. The van der Waals surface area contributed by atoms with Crippen molar-refractivity contribution in [2.45, 2.75) is 13.3 Å². The minimum atomic E-state index is -4.86. The van der Waals surface area contributed by atoms with Gasteiger partial charge in [0.1, 0.15) is 5.75 Å². The number of hydrogen-bond acceptors (Lipinski definition) is 7. The van der Waals surface area contributed by atoms with Gasteiger partial charge in [-0.05, 0) is 55.0 Å². The summed E-state index contributed by atoms with van der Waals surface area (Å²) in [5.74, 6) is -0.165. The molecule has 0 aliphatic carbocycles. The average molecular weight is 519 g/mol. The minimum absolute atomic E-state index is 0.00828. The van der Waals surface area contributed by atoms with Gasteiger partial charge in [0.2, 0.25) is 0 Å². The quantitative estimate of drug-likeness (QED) is 0.300. The summed E-state index contributed by atoms with van der Waals surface area (Å²) >= 11 is 0. The van der Waals surface area contributed by atoms with E-state index in [2.05, 4.69) is 35.3 Å². The van der Waals surface area contributed by atoms with Gasteiger partial charge >= 0.3 is 6.36 Å². The van der Waals surface area contributed by atoms with Crippen LogP contribution in [0, 0.1) is 6.92 Å². The monoisotopic (exact) mass is 519 g/mol. The molecule has 12 heteroatoms. The molecule has 38 heavy (non-hydrogen) atoms. The maximum atomic E-state index is 12.8. The van der Waals surface area contributed by atoms with Gasteiger partial charge in [-0.3, -0.25) is 9.78 Å². The molecular formula is C26H20F3N7O2. The second kappa shape index (κ2) is 9.81. The van der Waals surface area contributed by atoms with Crippen LogP contribution < -0.4 is 15.4 Å². The lowest BCUT2D eigenvalue weighted by molar-refractivity contribution is -0.274. The average Bonchev–Trinajstić information content (AvgIpc) is 3.26. The lowest BCUT2D eigenvalue weighted by Crippen LogP contribution is -2.18. The van der Waals surface area contributed by atoms with E-state index in [-0.39, 0.29) is 5.56 Å². The molecule has 9 nitrogen and oxygen atoms in total. The Morgan fingerprint density at radius 1 is 1.05 bits per heavy atom. The number of halogens is 3. The molecule has 0 saturated carbocycles. The van der Waals surface area contributed by atoms with Crippen LogP contribution in [0.1, 0.15) is 15.9 Å². The van der Waals surface area contributed by atoms with Gasteiger partial charge < -0.3 is 19.9 Å². The fourth-order valence-electron chi connectivity index (χ4n) is 3.72. The van der Waals surface area contributed by atoms with E-state index < -0.39 is 18.0 Å². The van der Waals surface area contributed by atoms with E-state index >= 15 is 0 Å². The highest BCUT2D eigenvalue weighted by molar-refractivity contribution is 6.04. The number of nitrogens with zero attached hydrogens (tertiary/aromatic N) is 5. The maximum Gasteiger partial charge on any atom is 0.573 e. The van der Waals surface area contributed by atoms with Crippen LogP contribution in [-0.4, -0.2) is 36.8 Å². The largest absolute Gasteiger partial charge is 0.573 e. The molecule has 0 unspecified atom stereocenters. The number of imidazole rings is 1. The molecule has 2 N–H and O–H groups in total. The Balaban J connectivity index is 1.43. The normalized spacial score (nSPS) is 11.4. The van der Waals surface area contributed by atoms with Crippen LogP contribution in [0.3, 0.4) is 0 Å². The van der Waals surface area contributed by atoms with Crippen molar-refractivity contribution in [1.29, 1.82) is 0 Å². The molecule has 5 aromatic rings. The second-order valence-electron chi connectivity index (χ2n) is 8.35. The summed E-state index contributed by atoms with van der Waals surface area (Å²) in [6, 6.07) is 13.7. The van der Waals surface area contributed by atoms with Crippen molar-refractivity contribution in [2.75, 3.05) is 10.6 Å². The molecule has 3 heterocycles. The lowest BCUT2D eigenvalue weighted by Gasteiger charge is -2.14. The van der Waals surface area contributed by atoms with Crippen molar-refractivity contribution in [3.63, 3.8) is 0 Å². The van der Waals surface area contributed by atoms with Crippen LogP contribution in [-0.2, 0) is 7.05 Å². The van der Waals surface area contributed by atoms with Crippen molar-refractivity contribution < 1.29 is 22.7 Å².